The lowest BCUT2D eigenvalue weighted by Crippen LogP contribution is -2.18. The average Bonchev–Trinajstić information content (AvgIpc) is 2.85. The zero-order valence-corrected chi connectivity index (χ0v) is 9.77. The Labute approximate surface area is 96.7 Å². The van der Waals surface area contributed by atoms with Gasteiger partial charge in [0.05, 0.1) is 22.3 Å². The fourth-order valence-electron chi connectivity index (χ4n) is 1.40. The normalized spacial score (nSPS) is 12.9. The minimum atomic E-state index is 0.179. The summed E-state index contributed by atoms with van der Waals surface area (Å²) in [6.45, 7) is 0. The molecule has 0 radical (unpaired) electrons. The van der Waals surface area contributed by atoms with Crippen LogP contribution >= 0.6 is 22.9 Å². The summed E-state index contributed by atoms with van der Waals surface area (Å²) in [5, 5.41) is 13.7. The van der Waals surface area contributed by atoms with Gasteiger partial charge in [0.15, 0.2) is 0 Å². The summed E-state index contributed by atoms with van der Waals surface area (Å²) in [5.74, 6) is 0. The van der Waals surface area contributed by atoms with Crippen LogP contribution in [0, 0.1) is 0 Å². The number of hydrogen-bond donors (Lipinski definition) is 2. The summed E-state index contributed by atoms with van der Waals surface area (Å²) in [4.78, 5) is 1.24. The highest BCUT2D eigenvalue weighted by Crippen LogP contribution is 2.25. The zero-order chi connectivity index (χ0) is 10.7. The summed E-state index contributed by atoms with van der Waals surface area (Å²) in [7, 11) is 1.91. The van der Waals surface area contributed by atoms with Crippen LogP contribution in [0.3, 0.4) is 0 Å². The van der Waals surface area contributed by atoms with Crippen molar-refractivity contribution in [1.82, 2.24) is 20.7 Å². The number of thiophene rings is 1. The van der Waals surface area contributed by atoms with Crippen LogP contribution in [0.2, 0.25) is 4.34 Å². The molecule has 2 N–H and O–H groups in total. The number of halogens is 1. The fraction of sp³-hybridized carbons (Fsp3) is 0.333. The summed E-state index contributed by atoms with van der Waals surface area (Å²) in [6.07, 6.45) is 2.61. The van der Waals surface area contributed by atoms with Gasteiger partial charge in [-0.05, 0) is 19.2 Å². The van der Waals surface area contributed by atoms with Crippen molar-refractivity contribution in [2.75, 3.05) is 7.05 Å². The molecule has 2 aromatic rings. The van der Waals surface area contributed by atoms with Gasteiger partial charge >= 0.3 is 0 Å². The highest BCUT2D eigenvalue weighted by molar-refractivity contribution is 7.16. The van der Waals surface area contributed by atoms with Crippen LogP contribution < -0.4 is 5.32 Å². The predicted molar refractivity (Wildman–Crippen MR) is 61.2 cm³/mol. The van der Waals surface area contributed by atoms with Gasteiger partial charge < -0.3 is 5.32 Å². The van der Waals surface area contributed by atoms with E-state index in [1.54, 1.807) is 17.5 Å². The Morgan fingerprint density at radius 2 is 2.47 bits per heavy atom. The topological polar surface area (TPSA) is 53.6 Å². The first-order valence-electron chi connectivity index (χ1n) is 4.56. The SMILES string of the molecule is CNC(Cc1ccc(Cl)s1)c1cn[nH]n1. The molecule has 0 bridgehead atoms. The molecule has 2 rings (SSSR count). The van der Waals surface area contributed by atoms with Gasteiger partial charge in [-0.1, -0.05) is 11.6 Å². The van der Waals surface area contributed by atoms with E-state index in [1.807, 2.05) is 19.2 Å². The zero-order valence-electron chi connectivity index (χ0n) is 8.20. The third kappa shape index (κ3) is 2.56. The van der Waals surface area contributed by atoms with Crippen LogP contribution in [-0.2, 0) is 6.42 Å². The minimum Gasteiger partial charge on any atom is -0.311 e. The maximum Gasteiger partial charge on any atom is 0.0997 e. The van der Waals surface area contributed by atoms with E-state index in [-0.39, 0.29) is 6.04 Å². The lowest BCUT2D eigenvalue weighted by atomic mass is 10.1. The molecule has 80 valence electrons. The molecule has 0 spiro atoms. The molecule has 0 aromatic carbocycles. The molecule has 0 saturated carbocycles. The fourth-order valence-corrected chi connectivity index (χ4v) is 2.53. The van der Waals surface area contributed by atoms with Crippen molar-refractivity contribution in [2.24, 2.45) is 0 Å². The standard InChI is InChI=1S/C9H11ClN4S/c1-11-7(8-5-12-14-13-8)4-6-2-3-9(10)15-6/h2-3,5,7,11H,4H2,1H3,(H,12,13,14). The second-order valence-electron chi connectivity index (χ2n) is 3.15. The molecule has 2 heterocycles. The van der Waals surface area contributed by atoms with Gasteiger partial charge in [0.1, 0.15) is 0 Å². The van der Waals surface area contributed by atoms with Crippen LogP contribution in [0.15, 0.2) is 18.3 Å². The van der Waals surface area contributed by atoms with Gasteiger partial charge in [0.25, 0.3) is 0 Å². The Morgan fingerprint density at radius 3 is 3.00 bits per heavy atom. The molecule has 0 amide bonds. The van der Waals surface area contributed by atoms with E-state index >= 15 is 0 Å². The molecule has 1 unspecified atom stereocenters. The lowest BCUT2D eigenvalue weighted by molar-refractivity contribution is 0.578. The third-order valence-electron chi connectivity index (χ3n) is 2.17. The van der Waals surface area contributed by atoms with Gasteiger partial charge in [-0.2, -0.15) is 15.4 Å². The Kier molecular flexibility index (Phi) is 3.35. The second kappa shape index (κ2) is 4.74. The van der Waals surface area contributed by atoms with Gasteiger partial charge in [-0.25, -0.2) is 0 Å². The molecular formula is C9H11ClN4S. The predicted octanol–water partition coefficient (Wildman–Crippen LogP) is 2.02. The number of hydrogen-bond acceptors (Lipinski definition) is 4. The summed E-state index contributed by atoms with van der Waals surface area (Å²) in [5.41, 5.74) is 0.919. The average molecular weight is 243 g/mol. The largest absolute Gasteiger partial charge is 0.311 e. The molecule has 0 fully saturated rings. The van der Waals surface area contributed by atoms with Crippen molar-refractivity contribution in [1.29, 1.82) is 0 Å². The highest BCUT2D eigenvalue weighted by Gasteiger charge is 2.13. The highest BCUT2D eigenvalue weighted by atomic mass is 35.5. The molecular weight excluding hydrogens is 232 g/mol. The van der Waals surface area contributed by atoms with Crippen LogP contribution in [-0.4, -0.2) is 22.5 Å². The molecule has 0 aliphatic heterocycles. The minimum absolute atomic E-state index is 0.179. The Bertz CT molecular complexity index is 411. The maximum absolute atomic E-state index is 5.88. The van der Waals surface area contributed by atoms with E-state index in [2.05, 4.69) is 20.7 Å². The van der Waals surface area contributed by atoms with Gasteiger partial charge in [-0.15, -0.1) is 11.3 Å². The number of nitrogens with zero attached hydrogens (tertiary/aromatic N) is 2. The number of aromatic nitrogens is 3. The van der Waals surface area contributed by atoms with Crippen molar-refractivity contribution < 1.29 is 0 Å². The molecule has 15 heavy (non-hydrogen) atoms. The molecule has 0 saturated heterocycles. The second-order valence-corrected chi connectivity index (χ2v) is 4.95. The lowest BCUT2D eigenvalue weighted by Gasteiger charge is -2.11. The maximum atomic E-state index is 5.88. The first kappa shape index (κ1) is 10.6. The first-order valence-corrected chi connectivity index (χ1v) is 5.76. The van der Waals surface area contributed by atoms with E-state index in [9.17, 15) is 0 Å². The van der Waals surface area contributed by atoms with Crippen molar-refractivity contribution in [3.63, 3.8) is 0 Å². The monoisotopic (exact) mass is 242 g/mol. The summed E-state index contributed by atoms with van der Waals surface area (Å²) < 4.78 is 0.819. The molecule has 0 aliphatic rings. The van der Waals surface area contributed by atoms with E-state index in [1.165, 1.54) is 4.88 Å². The number of nitrogens with one attached hydrogen (secondary N) is 2. The smallest absolute Gasteiger partial charge is 0.0997 e. The molecule has 2 aromatic heterocycles. The van der Waals surface area contributed by atoms with Crippen LogP contribution in [0.5, 0.6) is 0 Å². The van der Waals surface area contributed by atoms with E-state index in [0.29, 0.717) is 0 Å². The van der Waals surface area contributed by atoms with Gasteiger partial charge in [-0.3, -0.25) is 0 Å². The summed E-state index contributed by atoms with van der Waals surface area (Å²) >= 11 is 7.47. The molecule has 1 atom stereocenters. The van der Waals surface area contributed by atoms with Crippen LogP contribution in [0.4, 0.5) is 0 Å². The number of likely N-dealkylation sites (N-methyl/N-ethyl adjacent to an activating group) is 1. The van der Waals surface area contributed by atoms with Crippen molar-refractivity contribution in [3.05, 3.63) is 33.2 Å². The number of H-pyrrole nitrogens is 1. The van der Waals surface area contributed by atoms with E-state index in [4.69, 9.17) is 11.6 Å². The van der Waals surface area contributed by atoms with Crippen molar-refractivity contribution >= 4 is 22.9 Å². The van der Waals surface area contributed by atoms with Crippen molar-refractivity contribution in [2.45, 2.75) is 12.5 Å². The quantitative estimate of drug-likeness (QED) is 0.863. The van der Waals surface area contributed by atoms with Gasteiger partial charge in [0, 0.05) is 11.3 Å². The molecule has 0 aliphatic carbocycles. The Hall–Kier alpha value is -0.910. The Morgan fingerprint density at radius 1 is 1.60 bits per heavy atom. The number of rotatable bonds is 4. The number of aromatic amines is 1. The Balaban J connectivity index is 2.09. The molecule has 4 nitrogen and oxygen atoms in total. The molecule has 6 heteroatoms. The van der Waals surface area contributed by atoms with E-state index in [0.717, 1.165) is 16.5 Å². The van der Waals surface area contributed by atoms with Gasteiger partial charge in [0.2, 0.25) is 0 Å². The summed E-state index contributed by atoms with van der Waals surface area (Å²) in [6, 6.07) is 4.13. The van der Waals surface area contributed by atoms with Crippen LogP contribution in [0.25, 0.3) is 0 Å². The first-order chi connectivity index (χ1) is 7.29. The third-order valence-corrected chi connectivity index (χ3v) is 3.43. The van der Waals surface area contributed by atoms with Crippen LogP contribution in [0.1, 0.15) is 16.6 Å². The van der Waals surface area contributed by atoms with Crippen molar-refractivity contribution in [3.8, 4) is 0 Å². The van der Waals surface area contributed by atoms with E-state index < -0.39 is 0 Å².